The van der Waals surface area contributed by atoms with Gasteiger partial charge in [0, 0.05) is 38.2 Å². The molecule has 2 aliphatic rings. The largest absolute Gasteiger partial charge is 0.493 e. The van der Waals surface area contributed by atoms with Crippen molar-refractivity contribution in [2.45, 2.75) is 51.1 Å². The van der Waals surface area contributed by atoms with Crippen LogP contribution in [0.5, 0.6) is 11.5 Å². The van der Waals surface area contributed by atoms with Gasteiger partial charge < -0.3 is 19.3 Å². The van der Waals surface area contributed by atoms with Crippen molar-refractivity contribution < 1.29 is 14.3 Å². The van der Waals surface area contributed by atoms with Gasteiger partial charge in [-0.15, -0.1) is 0 Å². The summed E-state index contributed by atoms with van der Waals surface area (Å²) >= 11 is 0. The van der Waals surface area contributed by atoms with Gasteiger partial charge in [0.1, 0.15) is 0 Å². The molecule has 1 aliphatic heterocycles. The van der Waals surface area contributed by atoms with Crippen molar-refractivity contribution in [3.8, 4) is 11.5 Å². The Balaban J connectivity index is 1.39. The molecular formula is C29H36N4O4. The second-order valence-corrected chi connectivity index (χ2v) is 10.4. The second kappa shape index (κ2) is 10.8. The summed E-state index contributed by atoms with van der Waals surface area (Å²) in [5, 5.41) is 0.463. The lowest BCUT2D eigenvalue weighted by Crippen LogP contribution is -2.49. The lowest BCUT2D eigenvalue weighted by atomic mass is 9.77. The number of ether oxygens (including phenoxy) is 2. The number of anilines is 1. The fourth-order valence-electron chi connectivity index (χ4n) is 5.73. The van der Waals surface area contributed by atoms with Gasteiger partial charge in [0.05, 0.1) is 25.1 Å². The van der Waals surface area contributed by atoms with Crippen LogP contribution in [0.15, 0.2) is 47.3 Å². The van der Waals surface area contributed by atoms with Crippen LogP contribution in [0, 0.1) is 11.8 Å². The predicted molar refractivity (Wildman–Crippen MR) is 144 cm³/mol. The van der Waals surface area contributed by atoms with Crippen molar-refractivity contribution >= 4 is 22.8 Å². The number of aromatic amines is 1. The molecule has 5 rings (SSSR count). The van der Waals surface area contributed by atoms with E-state index >= 15 is 0 Å². The Bertz CT molecular complexity index is 1300. The summed E-state index contributed by atoms with van der Waals surface area (Å²) < 4.78 is 10.8. The van der Waals surface area contributed by atoms with Gasteiger partial charge in [0.15, 0.2) is 11.5 Å². The van der Waals surface area contributed by atoms with Crippen molar-refractivity contribution in [2.75, 3.05) is 32.7 Å². The number of aromatic nitrogens is 2. The summed E-state index contributed by atoms with van der Waals surface area (Å²) in [6.07, 6.45) is 6.24. The molecule has 2 atom stereocenters. The van der Waals surface area contributed by atoms with E-state index in [0.29, 0.717) is 47.4 Å². The molecule has 8 heteroatoms. The number of H-pyrrole nitrogens is 1. The van der Waals surface area contributed by atoms with Crippen molar-refractivity contribution in [3.63, 3.8) is 0 Å². The Morgan fingerprint density at radius 1 is 1.11 bits per heavy atom. The number of fused-ring (bicyclic) bond motifs is 1. The molecule has 1 aromatic heterocycles. The topological polar surface area (TPSA) is 87.8 Å². The number of carbonyl (C=O) groups excluding carboxylic acids is 1. The van der Waals surface area contributed by atoms with Gasteiger partial charge in [0.25, 0.3) is 5.56 Å². The molecule has 196 valence electrons. The number of piperidine rings is 1. The number of methoxy groups -OCH3 is 2. The van der Waals surface area contributed by atoms with Crippen LogP contribution in [-0.2, 0) is 11.3 Å². The van der Waals surface area contributed by atoms with E-state index in [1.165, 1.54) is 19.3 Å². The van der Waals surface area contributed by atoms with Crippen molar-refractivity contribution in [1.82, 2.24) is 14.9 Å². The maximum Gasteiger partial charge on any atom is 0.260 e. The van der Waals surface area contributed by atoms with E-state index in [-0.39, 0.29) is 23.4 Å². The van der Waals surface area contributed by atoms with Gasteiger partial charge in [-0.2, -0.15) is 0 Å². The van der Waals surface area contributed by atoms with E-state index in [1.807, 2.05) is 30.1 Å². The highest BCUT2D eigenvalue weighted by Gasteiger charge is 2.37. The van der Waals surface area contributed by atoms with Crippen LogP contribution in [0.3, 0.4) is 0 Å². The van der Waals surface area contributed by atoms with Gasteiger partial charge in [0.2, 0.25) is 11.9 Å². The highest BCUT2D eigenvalue weighted by molar-refractivity contribution is 5.83. The number of benzene rings is 2. The average Bonchev–Trinajstić information content (AvgIpc) is 2.90. The summed E-state index contributed by atoms with van der Waals surface area (Å²) in [5.74, 6) is 2.43. The predicted octanol–water partition coefficient (Wildman–Crippen LogP) is 4.37. The minimum absolute atomic E-state index is 0.0356. The first-order chi connectivity index (χ1) is 18.0. The van der Waals surface area contributed by atoms with E-state index in [9.17, 15) is 9.59 Å². The number of carbonyl (C=O) groups is 1. The first-order valence-corrected chi connectivity index (χ1v) is 13.2. The number of nitrogens with one attached hydrogen (secondary N) is 1. The number of hydrogen-bond donors (Lipinski definition) is 1. The number of nitrogens with zero attached hydrogens (tertiary/aromatic N) is 3. The standard InChI is InChI=1S/C29H36N4O4/c1-32(18-20-8-5-4-6-9-20)28(35)21-12-13-33(22(15-21)14-19-10-7-11-19)29-30-24-17-26(37-3)25(36-2)16-23(24)27(34)31-29/h4-6,8-9,16-17,19,21-22H,7,10-15,18H2,1-3H3,(H,30,31,34). The molecule has 0 spiro atoms. The Kier molecular flexibility index (Phi) is 7.35. The highest BCUT2D eigenvalue weighted by Crippen LogP contribution is 2.37. The number of rotatable bonds is 8. The van der Waals surface area contributed by atoms with E-state index in [4.69, 9.17) is 14.5 Å². The van der Waals surface area contributed by atoms with E-state index in [1.54, 1.807) is 26.4 Å². The Morgan fingerprint density at radius 3 is 2.51 bits per heavy atom. The molecule has 1 amide bonds. The fourth-order valence-corrected chi connectivity index (χ4v) is 5.73. The summed E-state index contributed by atoms with van der Waals surface area (Å²) in [6, 6.07) is 13.7. The van der Waals surface area contributed by atoms with Crippen molar-refractivity contribution in [3.05, 3.63) is 58.4 Å². The van der Waals surface area contributed by atoms with Crippen LogP contribution < -0.4 is 19.9 Å². The molecule has 3 aromatic rings. The zero-order chi connectivity index (χ0) is 25.9. The lowest BCUT2D eigenvalue weighted by Gasteiger charge is -2.43. The van der Waals surface area contributed by atoms with Crippen LogP contribution in [0.4, 0.5) is 5.95 Å². The lowest BCUT2D eigenvalue weighted by molar-refractivity contribution is -0.135. The normalized spacial score (nSPS) is 19.9. The fraction of sp³-hybridized carbons (Fsp3) is 0.483. The molecule has 0 radical (unpaired) electrons. The average molecular weight is 505 g/mol. The smallest absolute Gasteiger partial charge is 0.260 e. The maximum absolute atomic E-state index is 13.4. The molecule has 1 saturated carbocycles. The van der Waals surface area contributed by atoms with Gasteiger partial charge >= 0.3 is 0 Å². The SMILES string of the molecule is COc1cc2nc(N3CCC(C(=O)N(C)Cc4ccccc4)CC3CC3CCC3)[nH]c(=O)c2cc1OC. The Hall–Kier alpha value is -3.55. The number of amides is 1. The van der Waals surface area contributed by atoms with Gasteiger partial charge in [-0.05, 0) is 36.8 Å². The highest BCUT2D eigenvalue weighted by atomic mass is 16.5. The minimum atomic E-state index is -0.204. The second-order valence-electron chi connectivity index (χ2n) is 10.4. The third kappa shape index (κ3) is 5.29. The molecule has 2 aromatic carbocycles. The monoisotopic (exact) mass is 504 g/mol. The molecule has 1 aliphatic carbocycles. The Labute approximate surface area is 217 Å². The molecule has 37 heavy (non-hydrogen) atoms. The van der Waals surface area contributed by atoms with Crippen LogP contribution in [0.25, 0.3) is 10.9 Å². The molecule has 2 heterocycles. The molecule has 8 nitrogen and oxygen atoms in total. The third-order valence-corrected chi connectivity index (χ3v) is 8.00. The third-order valence-electron chi connectivity index (χ3n) is 8.00. The zero-order valence-corrected chi connectivity index (χ0v) is 21.9. The maximum atomic E-state index is 13.4. The van der Waals surface area contributed by atoms with Gasteiger partial charge in [-0.25, -0.2) is 4.98 Å². The zero-order valence-electron chi connectivity index (χ0n) is 21.9. The Morgan fingerprint density at radius 2 is 1.84 bits per heavy atom. The summed E-state index contributed by atoms with van der Waals surface area (Å²) in [4.78, 5) is 38.4. The molecule has 2 unspecified atom stereocenters. The minimum Gasteiger partial charge on any atom is -0.493 e. The van der Waals surface area contributed by atoms with Crippen molar-refractivity contribution in [2.24, 2.45) is 11.8 Å². The number of hydrogen-bond acceptors (Lipinski definition) is 6. The van der Waals surface area contributed by atoms with Crippen LogP contribution >= 0.6 is 0 Å². The molecule has 0 bridgehead atoms. The van der Waals surface area contributed by atoms with E-state index in [2.05, 4.69) is 22.0 Å². The first-order valence-electron chi connectivity index (χ1n) is 13.2. The van der Waals surface area contributed by atoms with Crippen LogP contribution in [-0.4, -0.2) is 54.6 Å². The van der Waals surface area contributed by atoms with E-state index in [0.717, 1.165) is 24.8 Å². The first kappa shape index (κ1) is 25.1. The molecule has 1 N–H and O–H groups in total. The van der Waals surface area contributed by atoms with Gasteiger partial charge in [-0.1, -0.05) is 49.6 Å². The van der Waals surface area contributed by atoms with E-state index < -0.39 is 0 Å². The van der Waals surface area contributed by atoms with Crippen LogP contribution in [0.2, 0.25) is 0 Å². The quantitative estimate of drug-likeness (QED) is 0.490. The summed E-state index contributed by atoms with van der Waals surface area (Å²) in [5.41, 5.74) is 1.50. The molecule has 1 saturated heterocycles. The van der Waals surface area contributed by atoms with Crippen LogP contribution in [0.1, 0.15) is 44.1 Å². The summed E-state index contributed by atoms with van der Waals surface area (Å²) in [7, 11) is 5.02. The summed E-state index contributed by atoms with van der Waals surface area (Å²) in [6.45, 7) is 1.28. The van der Waals surface area contributed by atoms with Crippen molar-refractivity contribution in [1.29, 1.82) is 0 Å². The van der Waals surface area contributed by atoms with Gasteiger partial charge in [-0.3, -0.25) is 14.6 Å². The molecular weight excluding hydrogens is 468 g/mol. The molecule has 2 fully saturated rings.